The Labute approximate surface area is 77.3 Å². The number of rotatable bonds is 1. The summed E-state index contributed by atoms with van der Waals surface area (Å²) in [5.41, 5.74) is 3.85. The van der Waals surface area contributed by atoms with E-state index in [1.165, 1.54) is 0 Å². The molecule has 2 N–H and O–H groups in total. The van der Waals surface area contributed by atoms with Crippen LogP contribution in [0.2, 0.25) is 0 Å². The molecule has 0 saturated heterocycles. The minimum atomic E-state index is -4.40. The molecule has 0 saturated carbocycles. The molecule has 14 heavy (non-hydrogen) atoms. The molecule has 0 fully saturated rings. The molecule has 1 amide bonds. The van der Waals surface area contributed by atoms with E-state index in [1.54, 1.807) is 0 Å². The van der Waals surface area contributed by atoms with Crippen molar-refractivity contribution in [2.75, 3.05) is 0 Å². The molecule has 0 bridgehead atoms. The second-order valence-electron chi connectivity index (χ2n) is 2.44. The first kappa shape index (κ1) is 10.4. The Morgan fingerprint density at radius 1 is 1.21 bits per heavy atom. The number of hydrogen-bond donors (Lipinski definition) is 1. The van der Waals surface area contributed by atoms with Gasteiger partial charge < -0.3 is 10.5 Å². The van der Waals surface area contributed by atoms with Crippen LogP contribution in [0.15, 0.2) is 24.3 Å². The highest BCUT2D eigenvalue weighted by Gasteiger charge is 2.30. The molecule has 1 rings (SSSR count). The largest absolute Gasteiger partial charge is 0.416 e. The molecule has 6 heteroatoms. The van der Waals surface area contributed by atoms with Crippen LogP contribution >= 0.6 is 0 Å². The van der Waals surface area contributed by atoms with Gasteiger partial charge in [-0.15, -0.1) is 0 Å². The lowest BCUT2D eigenvalue weighted by Gasteiger charge is -2.06. The summed E-state index contributed by atoms with van der Waals surface area (Å²) < 4.78 is 40.5. The number of primary amides is 1. The van der Waals surface area contributed by atoms with E-state index >= 15 is 0 Å². The van der Waals surface area contributed by atoms with Crippen molar-refractivity contribution in [3.05, 3.63) is 29.8 Å². The first-order valence-corrected chi connectivity index (χ1v) is 3.54. The Hall–Kier alpha value is -1.72. The van der Waals surface area contributed by atoms with Gasteiger partial charge in [0.1, 0.15) is 5.75 Å². The van der Waals surface area contributed by atoms with Gasteiger partial charge in [0.05, 0.1) is 5.56 Å². The third-order valence-corrected chi connectivity index (χ3v) is 1.40. The van der Waals surface area contributed by atoms with Crippen LogP contribution in [-0.2, 0) is 6.18 Å². The molecule has 0 aliphatic rings. The van der Waals surface area contributed by atoms with Crippen LogP contribution in [0.5, 0.6) is 5.75 Å². The maximum absolute atomic E-state index is 12.0. The number of benzene rings is 1. The molecule has 0 unspecified atom stereocenters. The second-order valence-corrected chi connectivity index (χ2v) is 2.44. The standard InChI is InChI=1S/C8H6F3NO2/c9-8(10,11)5-1-3-6(4-2-5)14-7(12)13/h1-4H,(H2,12,13). The smallest absolute Gasteiger partial charge is 0.411 e. The number of ether oxygens (including phenoxy) is 1. The molecule has 0 spiro atoms. The minimum absolute atomic E-state index is 0.0227. The molecule has 0 aliphatic heterocycles. The van der Waals surface area contributed by atoms with Gasteiger partial charge in [0.2, 0.25) is 0 Å². The molecule has 0 aromatic heterocycles. The van der Waals surface area contributed by atoms with Crippen LogP contribution in [0.4, 0.5) is 18.0 Å². The van der Waals surface area contributed by atoms with Gasteiger partial charge >= 0.3 is 12.3 Å². The van der Waals surface area contributed by atoms with Crippen molar-refractivity contribution >= 4 is 6.09 Å². The number of amides is 1. The summed E-state index contributed by atoms with van der Waals surface area (Å²) in [7, 11) is 0. The lowest BCUT2D eigenvalue weighted by atomic mass is 10.2. The number of hydrogen-bond acceptors (Lipinski definition) is 2. The summed E-state index contributed by atoms with van der Waals surface area (Å²) in [5, 5.41) is 0. The highest BCUT2D eigenvalue weighted by Crippen LogP contribution is 2.30. The van der Waals surface area contributed by atoms with Crippen LogP contribution in [0, 0.1) is 0 Å². The third kappa shape index (κ3) is 2.65. The topological polar surface area (TPSA) is 52.3 Å². The second kappa shape index (κ2) is 3.57. The van der Waals surface area contributed by atoms with Gasteiger partial charge in [-0.2, -0.15) is 13.2 Å². The first-order chi connectivity index (χ1) is 6.39. The number of halogens is 3. The minimum Gasteiger partial charge on any atom is -0.411 e. The number of carbonyl (C=O) groups excluding carboxylic acids is 1. The van der Waals surface area contributed by atoms with Crippen molar-refractivity contribution in [1.82, 2.24) is 0 Å². The van der Waals surface area contributed by atoms with E-state index in [0.717, 1.165) is 24.3 Å². The fourth-order valence-corrected chi connectivity index (χ4v) is 0.828. The maximum atomic E-state index is 12.0. The van der Waals surface area contributed by atoms with E-state index in [9.17, 15) is 18.0 Å². The van der Waals surface area contributed by atoms with Crippen molar-refractivity contribution in [2.45, 2.75) is 6.18 Å². The van der Waals surface area contributed by atoms with Gasteiger partial charge in [0, 0.05) is 0 Å². The molecule has 0 heterocycles. The fraction of sp³-hybridized carbons (Fsp3) is 0.125. The van der Waals surface area contributed by atoms with Crippen molar-refractivity contribution in [3.8, 4) is 5.75 Å². The lowest BCUT2D eigenvalue weighted by molar-refractivity contribution is -0.137. The predicted octanol–water partition coefficient (Wildman–Crippen LogP) is 2.16. The average Bonchev–Trinajstić information content (AvgIpc) is 2.02. The van der Waals surface area contributed by atoms with Gasteiger partial charge in [-0.1, -0.05) is 0 Å². The quantitative estimate of drug-likeness (QED) is 0.763. The van der Waals surface area contributed by atoms with E-state index in [4.69, 9.17) is 0 Å². The molecule has 1 aromatic rings. The van der Waals surface area contributed by atoms with Crippen molar-refractivity contribution in [3.63, 3.8) is 0 Å². The van der Waals surface area contributed by atoms with E-state index in [0.29, 0.717) is 0 Å². The van der Waals surface area contributed by atoms with Crippen LogP contribution in [0.3, 0.4) is 0 Å². The van der Waals surface area contributed by atoms with Gasteiger partial charge in [0.15, 0.2) is 0 Å². The van der Waals surface area contributed by atoms with Crippen molar-refractivity contribution in [1.29, 1.82) is 0 Å². The van der Waals surface area contributed by atoms with Gasteiger partial charge in [-0.3, -0.25) is 0 Å². The highest BCUT2D eigenvalue weighted by molar-refractivity contribution is 5.68. The molecule has 0 aliphatic carbocycles. The number of nitrogens with two attached hydrogens (primary N) is 1. The van der Waals surface area contributed by atoms with Gasteiger partial charge in [0.25, 0.3) is 0 Å². The summed E-state index contributed by atoms with van der Waals surface area (Å²) in [6, 6.07) is 3.65. The molecular weight excluding hydrogens is 199 g/mol. The first-order valence-electron chi connectivity index (χ1n) is 3.54. The van der Waals surface area contributed by atoms with Crippen molar-refractivity contribution in [2.24, 2.45) is 5.73 Å². The molecule has 1 aromatic carbocycles. The number of carbonyl (C=O) groups is 1. The van der Waals surface area contributed by atoms with E-state index in [-0.39, 0.29) is 5.75 Å². The van der Waals surface area contributed by atoms with Crippen LogP contribution in [0.25, 0.3) is 0 Å². The van der Waals surface area contributed by atoms with E-state index < -0.39 is 17.8 Å². The maximum Gasteiger partial charge on any atom is 0.416 e. The molecule has 0 atom stereocenters. The zero-order valence-electron chi connectivity index (χ0n) is 6.84. The predicted molar refractivity (Wildman–Crippen MR) is 41.7 cm³/mol. The fourth-order valence-electron chi connectivity index (χ4n) is 0.828. The summed E-state index contributed by atoms with van der Waals surface area (Å²) in [5.74, 6) is -0.0227. The van der Waals surface area contributed by atoms with Crippen LogP contribution in [-0.4, -0.2) is 6.09 Å². The summed E-state index contributed by atoms with van der Waals surface area (Å²) in [6.07, 6.45) is -5.46. The number of alkyl halides is 3. The summed E-state index contributed by atoms with van der Waals surface area (Å²) in [4.78, 5) is 10.2. The Morgan fingerprint density at radius 3 is 2.07 bits per heavy atom. The monoisotopic (exact) mass is 205 g/mol. The third-order valence-electron chi connectivity index (χ3n) is 1.40. The Balaban J connectivity index is 2.84. The van der Waals surface area contributed by atoms with Gasteiger partial charge in [-0.25, -0.2) is 4.79 Å². The normalized spacial score (nSPS) is 11.1. The van der Waals surface area contributed by atoms with E-state index in [1.807, 2.05) is 0 Å². The Bertz CT molecular complexity index is 331. The van der Waals surface area contributed by atoms with Crippen LogP contribution in [0.1, 0.15) is 5.56 Å². The Kier molecular flexibility index (Phi) is 2.64. The van der Waals surface area contributed by atoms with E-state index in [2.05, 4.69) is 10.5 Å². The summed E-state index contributed by atoms with van der Waals surface area (Å²) >= 11 is 0. The molecule has 76 valence electrons. The summed E-state index contributed by atoms with van der Waals surface area (Å²) in [6.45, 7) is 0. The molecule has 3 nitrogen and oxygen atoms in total. The zero-order chi connectivity index (χ0) is 10.8. The van der Waals surface area contributed by atoms with Crippen LogP contribution < -0.4 is 10.5 Å². The van der Waals surface area contributed by atoms with Gasteiger partial charge in [-0.05, 0) is 24.3 Å². The SMILES string of the molecule is NC(=O)Oc1ccc(C(F)(F)F)cc1. The van der Waals surface area contributed by atoms with Crippen molar-refractivity contribution < 1.29 is 22.7 Å². The zero-order valence-corrected chi connectivity index (χ0v) is 6.84. The lowest BCUT2D eigenvalue weighted by Crippen LogP contribution is -2.16. The molecular formula is C8H6F3NO2. The Morgan fingerprint density at radius 2 is 1.71 bits per heavy atom. The highest BCUT2D eigenvalue weighted by atomic mass is 19.4. The average molecular weight is 205 g/mol. The molecule has 0 radical (unpaired) electrons.